The molecule has 1 N–H and O–H groups in total. The van der Waals surface area contributed by atoms with Crippen LogP contribution in [0.15, 0.2) is 59.7 Å². The lowest BCUT2D eigenvalue weighted by Crippen LogP contribution is -2.25. The zero-order chi connectivity index (χ0) is 17.2. The van der Waals surface area contributed by atoms with E-state index in [9.17, 15) is 4.79 Å². The van der Waals surface area contributed by atoms with E-state index in [1.165, 1.54) is 0 Å². The second kappa shape index (κ2) is 9.50. The molecule has 2 rings (SSSR count). The summed E-state index contributed by atoms with van der Waals surface area (Å²) in [7, 11) is 0. The normalized spacial score (nSPS) is 12.1. The molecule has 2 aromatic carbocycles. The van der Waals surface area contributed by atoms with Crippen molar-refractivity contribution in [2.75, 3.05) is 6.61 Å². The minimum atomic E-state index is -0.265. The third-order valence-corrected chi connectivity index (χ3v) is 3.87. The highest BCUT2D eigenvalue weighted by Gasteiger charge is 2.10. The number of nitrogens with one attached hydrogen (secondary N) is 1. The van der Waals surface area contributed by atoms with Crippen molar-refractivity contribution in [3.05, 3.63) is 65.7 Å². The predicted octanol–water partition coefficient (Wildman–Crippen LogP) is 3.92. The minimum absolute atomic E-state index is 0.0455. The maximum atomic E-state index is 11.8. The molecule has 0 radical (unpaired) electrons. The lowest BCUT2D eigenvalue weighted by molar-refractivity contribution is -0.123. The maximum Gasteiger partial charge on any atom is 0.277 e. The predicted molar refractivity (Wildman–Crippen MR) is 97.4 cm³/mol. The number of para-hydroxylation sites is 1. The van der Waals surface area contributed by atoms with E-state index in [2.05, 4.69) is 24.4 Å². The molecule has 1 amide bonds. The fourth-order valence-corrected chi connectivity index (χ4v) is 2.30. The smallest absolute Gasteiger partial charge is 0.277 e. The van der Waals surface area contributed by atoms with E-state index >= 15 is 0 Å². The Hall–Kier alpha value is -2.62. The van der Waals surface area contributed by atoms with Gasteiger partial charge < -0.3 is 4.74 Å². The van der Waals surface area contributed by atoms with Gasteiger partial charge in [-0.25, -0.2) is 5.43 Å². The summed E-state index contributed by atoms with van der Waals surface area (Å²) < 4.78 is 5.65. The first-order chi connectivity index (χ1) is 11.7. The fourth-order valence-electron chi connectivity index (χ4n) is 2.30. The standard InChI is InChI=1S/C20H24N2O2/c1-3-16(2)18-11-7-8-12-19(18)24-15-20(23)22-21-14-13-17-9-5-4-6-10-17/h4-12,14,16H,3,13,15H2,1-2H3,(H,22,23). The summed E-state index contributed by atoms with van der Waals surface area (Å²) >= 11 is 0. The SMILES string of the molecule is CCC(C)c1ccccc1OCC(=O)NN=CCc1ccccc1. The van der Waals surface area contributed by atoms with E-state index in [0.717, 1.165) is 23.3 Å². The average molecular weight is 324 g/mol. The number of benzene rings is 2. The first-order valence-electron chi connectivity index (χ1n) is 8.26. The van der Waals surface area contributed by atoms with E-state index in [-0.39, 0.29) is 12.5 Å². The summed E-state index contributed by atoms with van der Waals surface area (Å²) in [5, 5.41) is 3.95. The van der Waals surface area contributed by atoms with Gasteiger partial charge >= 0.3 is 0 Å². The Morgan fingerprint density at radius 3 is 2.62 bits per heavy atom. The van der Waals surface area contributed by atoms with E-state index in [4.69, 9.17) is 4.74 Å². The number of rotatable bonds is 8. The molecule has 0 spiro atoms. The molecule has 4 heteroatoms. The van der Waals surface area contributed by atoms with Gasteiger partial charge in [-0.15, -0.1) is 0 Å². The third kappa shape index (κ3) is 5.54. The van der Waals surface area contributed by atoms with E-state index in [1.54, 1.807) is 6.21 Å². The summed E-state index contributed by atoms with van der Waals surface area (Å²) in [6, 6.07) is 17.8. The highest BCUT2D eigenvalue weighted by molar-refractivity contribution is 5.78. The Morgan fingerprint density at radius 2 is 1.88 bits per heavy atom. The van der Waals surface area contributed by atoms with Gasteiger partial charge in [0.1, 0.15) is 5.75 Å². The molecule has 126 valence electrons. The quantitative estimate of drug-likeness (QED) is 0.591. The van der Waals surface area contributed by atoms with Crippen molar-refractivity contribution in [1.29, 1.82) is 0 Å². The Balaban J connectivity index is 1.79. The molecule has 24 heavy (non-hydrogen) atoms. The van der Waals surface area contributed by atoms with Crippen LogP contribution in [0, 0.1) is 0 Å². The molecule has 0 aliphatic carbocycles. The third-order valence-electron chi connectivity index (χ3n) is 3.87. The summed E-state index contributed by atoms with van der Waals surface area (Å²) in [6.07, 6.45) is 3.38. The molecule has 0 aromatic heterocycles. The molecule has 0 saturated heterocycles. The van der Waals surface area contributed by atoms with Gasteiger partial charge in [0.05, 0.1) is 0 Å². The topological polar surface area (TPSA) is 50.7 Å². The van der Waals surface area contributed by atoms with Crippen LogP contribution >= 0.6 is 0 Å². The lowest BCUT2D eigenvalue weighted by atomic mass is 9.98. The Bertz CT molecular complexity index is 668. The van der Waals surface area contributed by atoms with Crippen molar-refractivity contribution >= 4 is 12.1 Å². The number of carbonyl (C=O) groups excluding carboxylic acids is 1. The Morgan fingerprint density at radius 1 is 1.17 bits per heavy atom. The summed E-state index contributed by atoms with van der Waals surface area (Å²) in [4.78, 5) is 11.8. The number of carbonyl (C=O) groups is 1. The molecule has 1 atom stereocenters. The van der Waals surface area contributed by atoms with Crippen molar-refractivity contribution in [2.45, 2.75) is 32.6 Å². The molecular formula is C20H24N2O2. The first kappa shape index (κ1) is 17.7. The zero-order valence-electron chi connectivity index (χ0n) is 14.2. The van der Waals surface area contributed by atoms with Crippen LogP contribution in [0.5, 0.6) is 5.75 Å². The van der Waals surface area contributed by atoms with Crippen LogP contribution in [-0.2, 0) is 11.2 Å². The number of hydrogen-bond donors (Lipinski definition) is 1. The van der Waals surface area contributed by atoms with Crippen molar-refractivity contribution in [1.82, 2.24) is 5.43 Å². The van der Waals surface area contributed by atoms with Crippen LogP contribution in [0.4, 0.5) is 0 Å². The molecular weight excluding hydrogens is 300 g/mol. The zero-order valence-corrected chi connectivity index (χ0v) is 14.2. The van der Waals surface area contributed by atoms with Crippen molar-refractivity contribution < 1.29 is 9.53 Å². The number of ether oxygens (including phenoxy) is 1. The lowest BCUT2D eigenvalue weighted by Gasteiger charge is -2.15. The number of hydrogen-bond acceptors (Lipinski definition) is 3. The van der Waals surface area contributed by atoms with Crippen LogP contribution in [0.25, 0.3) is 0 Å². The van der Waals surface area contributed by atoms with E-state index in [1.807, 2.05) is 54.6 Å². The highest BCUT2D eigenvalue weighted by atomic mass is 16.5. The van der Waals surface area contributed by atoms with E-state index < -0.39 is 0 Å². The number of nitrogens with zero attached hydrogens (tertiary/aromatic N) is 1. The van der Waals surface area contributed by atoms with E-state index in [0.29, 0.717) is 12.3 Å². The molecule has 0 aliphatic rings. The molecule has 2 aromatic rings. The van der Waals surface area contributed by atoms with Crippen LogP contribution < -0.4 is 10.2 Å². The molecule has 0 heterocycles. The highest BCUT2D eigenvalue weighted by Crippen LogP contribution is 2.28. The average Bonchev–Trinajstić information content (AvgIpc) is 2.64. The Kier molecular flexibility index (Phi) is 7.02. The molecule has 0 aliphatic heterocycles. The van der Waals surface area contributed by atoms with Crippen molar-refractivity contribution in [2.24, 2.45) is 5.10 Å². The van der Waals surface area contributed by atoms with Crippen LogP contribution in [0.2, 0.25) is 0 Å². The maximum absolute atomic E-state index is 11.8. The van der Waals surface area contributed by atoms with Crippen molar-refractivity contribution in [3.63, 3.8) is 0 Å². The summed E-state index contributed by atoms with van der Waals surface area (Å²) in [6.45, 7) is 4.24. The first-order valence-corrected chi connectivity index (χ1v) is 8.26. The van der Waals surface area contributed by atoms with Gasteiger partial charge in [0.25, 0.3) is 5.91 Å². The second-order valence-electron chi connectivity index (χ2n) is 5.67. The molecule has 1 unspecified atom stereocenters. The monoisotopic (exact) mass is 324 g/mol. The summed E-state index contributed by atoms with van der Waals surface area (Å²) in [5.41, 5.74) is 4.76. The van der Waals surface area contributed by atoms with Gasteiger partial charge in [-0.2, -0.15) is 5.10 Å². The summed E-state index contributed by atoms with van der Waals surface area (Å²) in [5.74, 6) is 0.890. The molecule has 0 bridgehead atoms. The molecule has 0 saturated carbocycles. The van der Waals surface area contributed by atoms with Gasteiger partial charge in [0.15, 0.2) is 6.61 Å². The number of hydrazone groups is 1. The van der Waals surface area contributed by atoms with Crippen LogP contribution in [-0.4, -0.2) is 18.7 Å². The largest absolute Gasteiger partial charge is 0.483 e. The number of amides is 1. The van der Waals surface area contributed by atoms with Crippen molar-refractivity contribution in [3.8, 4) is 5.75 Å². The van der Waals surface area contributed by atoms with Gasteiger partial charge in [-0.3, -0.25) is 4.79 Å². The molecule has 4 nitrogen and oxygen atoms in total. The van der Waals surface area contributed by atoms with Gasteiger partial charge in [-0.1, -0.05) is 62.4 Å². The van der Waals surface area contributed by atoms with Gasteiger partial charge in [-0.05, 0) is 29.5 Å². The fraction of sp³-hybridized carbons (Fsp3) is 0.300. The molecule has 0 fully saturated rings. The second-order valence-corrected chi connectivity index (χ2v) is 5.67. The van der Waals surface area contributed by atoms with Crippen LogP contribution in [0.1, 0.15) is 37.3 Å². The Labute approximate surface area is 143 Å². The van der Waals surface area contributed by atoms with Crippen LogP contribution in [0.3, 0.4) is 0 Å². The van der Waals surface area contributed by atoms with Gasteiger partial charge in [0.2, 0.25) is 0 Å². The minimum Gasteiger partial charge on any atom is -0.483 e. The van der Waals surface area contributed by atoms with Gasteiger partial charge in [0, 0.05) is 12.6 Å².